The average Bonchev–Trinajstić information content (AvgIpc) is 3.41. The molecule has 1 aromatic heterocycles. The van der Waals surface area contributed by atoms with Gasteiger partial charge in [-0.3, -0.25) is 4.79 Å². The van der Waals surface area contributed by atoms with Crippen molar-refractivity contribution < 1.29 is 31.0 Å². The van der Waals surface area contributed by atoms with Crippen LogP contribution in [0.15, 0.2) is 17.3 Å². The van der Waals surface area contributed by atoms with Crippen LogP contribution in [0, 0.1) is 0 Å². The summed E-state index contributed by atoms with van der Waals surface area (Å²) < 4.78 is 52.7. The fourth-order valence-electron chi connectivity index (χ4n) is 4.03. The molecule has 12 nitrogen and oxygen atoms in total. The van der Waals surface area contributed by atoms with Crippen molar-refractivity contribution in [1.29, 1.82) is 0 Å². The van der Waals surface area contributed by atoms with Crippen molar-refractivity contribution >= 4 is 32.7 Å². The first-order valence-corrected chi connectivity index (χ1v) is 20.5. The van der Waals surface area contributed by atoms with E-state index in [2.05, 4.69) is 70.3 Å². The topological polar surface area (TPSA) is 157 Å². The minimum Gasteiger partial charge on any atom is -0.414 e. The Morgan fingerprint density at radius 3 is 2.23 bits per heavy atom. The van der Waals surface area contributed by atoms with Gasteiger partial charge in [0.15, 0.2) is 28.5 Å². The van der Waals surface area contributed by atoms with Crippen LogP contribution in [-0.2, 0) is 27.9 Å². The van der Waals surface area contributed by atoms with Gasteiger partial charge in [-0.25, -0.2) is 8.86 Å². The Bertz CT molecular complexity index is 1220. The monoisotopic (exact) mass is 603 g/mol. The first kappa shape index (κ1) is 31.9. The van der Waals surface area contributed by atoms with Crippen LogP contribution in [0.5, 0.6) is 0 Å². The van der Waals surface area contributed by atoms with E-state index in [0.717, 1.165) is 5.41 Å². The molecule has 4 atom stereocenters. The number of hydrogen-bond acceptors (Lipinski definition) is 10. The maximum Gasteiger partial charge on any atom is 0.292 e. The van der Waals surface area contributed by atoms with E-state index in [0.29, 0.717) is 6.54 Å². The largest absolute Gasteiger partial charge is 0.414 e. The summed E-state index contributed by atoms with van der Waals surface area (Å²) in [6.45, 7) is 23.0. The Hall–Kier alpha value is -1.63. The van der Waals surface area contributed by atoms with E-state index in [1.54, 1.807) is 6.92 Å². The Morgan fingerprint density at radius 1 is 1.15 bits per heavy atom. The number of carbonyl (C=O) groups excluding carboxylic acids is 1. The number of nitrogens with one attached hydrogen (secondary N) is 1. The molecular weight excluding hydrogens is 559 g/mol. The second-order valence-corrected chi connectivity index (χ2v) is 24.2. The number of hydrogen-bond donors (Lipinski definition) is 2. The normalized spacial score (nSPS) is 27.7. The molecule has 39 heavy (non-hydrogen) atoms. The minimum absolute atomic E-state index is 0.000396. The summed E-state index contributed by atoms with van der Waals surface area (Å²) in [7, 11) is -9.06. The number of aromatic nitrogens is 3. The summed E-state index contributed by atoms with van der Waals surface area (Å²) >= 11 is 0. The molecule has 2 aliphatic heterocycles. The van der Waals surface area contributed by atoms with Crippen LogP contribution in [0.1, 0.15) is 65.2 Å². The van der Waals surface area contributed by atoms with Gasteiger partial charge >= 0.3 is 0 Å². The number of nitrogens with zero attached hydrogens (tertiary/aromatic N) is 3. The molecule has 2 aliphatic rings. The first-order chi connectivity index (χ1) is 17.6. The molecule has 3 N–H and O–H groups in total. The molecule has 0 radical (unpaired) electrons. The van der Waals surface area contributed by atoms with Crippen molar-refractivity contribution in [3.05, 3.63) is 23.0 Å². The molecule has 3 rings (SSSR count). The summed E-state index contributed by atoms with van der Waals surface area (Å²) in [5.74, 6) is -0.407. The van der Waals surface area contributed by atoms with Crippen LogP contribution in [0.25, 0.3) is 0 Å². The third-order valence-corrected chi connectivity index (χ3v) is 18.5. The van der Waals surface area contributed by atoms with E-state index < -0.39 is 56.7 Å². The van der Waals surface area contributed by atoms with Crippen molar-refractivity contribution in [2.45, 2.75) is 109 Å². The smallest absolute Gasteiger partial charge is 0.292 e. The van der Waals surface area contributed by atoms with Gasteiger partial charge < -0.3 is 24.6 Å². The third kappa shape index (κ3) is 5.90. The molecule has 15 heteroatoms. The van der Waals surface area contributed by atoms with Crippen LogP contribution in [0.4, 0.5) is 0 Å². The molecule has 0 saturated carbocycles. The van der Waals surface area contributed by atoms with Crippen LogP contribution < -0.4 is 11.1 Å². The van der Waals surface area contributed by atoms with Crippen molar-refractivity contribution in [3.8, 4) is 0 Å². The average molecular weight is 604 g/mol. The van der Waals surface area contributed by atoms with Crippen molar-refractivity contribution in [3.63, 3.8) is 0 Å². The maximum atomic E-state index is 12.9. The zero-order valence-electron chi connectivity index (χ0n) is 25.0. The molecule has 1 aromatic rings. The molecule has 1 unspecified atom stereocenters. The lowest BCUT2D eigenvalue weighted by atomic mass is 9.89. The van der Waals surface area contributed by atoms with Gasteiger partial charge in [-0.15, -0.1) is 5.10 Å². The Labute approximate surface area is 234 Å². The predicted molar refractivity (Wildman–Crippen MR) is 152 cm³/mol. The summed E-state index contributed by atoms with van der Waals surface area (Å²) in [5, 5.41) is 11.4. The number of ether oxygens (including phenoxy) is 1. The fraction of sp³-hybridized carbons (Fsp3) is 0.792. The van der Waals surface area contributed by atoms with Crippen LogP contribution in [0.3, 0.4) is 0 Å². The zero-order chi connectivity index (χ0) is 29.8. The SMILES string of the molecule is CCNC(=O)c1cnnn1[C@@H]1O[C@H](CO[Si](C)(C)C(C)(C)C)C2(OS(=O)(=O)C=C2N)[C@H]1O[Si](C)(C)C(C)(C)C. The number of nitrogens with two attached hydrogens (primary N) is 1. The van der Waals surface area contributed by atoms with Gasteiger partial charge in [0.25, 0.3) is 16.0 Å². The second-order valence-electron chi connectivity index (χ2n) is 13.3. The lowest BCUT2D eigenvalue weighted by Crippen LogP contribution is -2.59. The molecule has 222 valence electrons. The maximum absolute atomic E-state index is 12.9. The van der Waals surface area contributed by atoms with Gasteiger partial charge in [0, 0.05) is 6.54 Å². The Kier molecular flexibility index (Phi) is 8.45. The lowest BCUT2D eigenvalue weighted by molar-refractivity contribution is -0.0601. The summed E-state index contributed by atoms with van der Waals surface area (Å²) in [4.78, 5) is 12.9. The van der Waals surface area contributed by atoms with Crippen LogP contribution >= 0.6 is 0 Å². The van der Waals surface area contributed by atoms with Crippen molar-refractivity contribution in [1.82, 2.24) is 20.3 Å². The van der Waals surface area contributed by atoms with Gasteiger partial charge in [-0.2, -0.15) is 8.42 Å². The minimum atomic E-state index is -4.15. The highest BCUT2D eigenvalue weighted by atomic mass is 32.2. The Morgan fingerprint density at radius 2 is 1.74 bits per heavy atom. The van der Waals surface area contributed by atoms with E-state index in [9.17, 15) is 13.2 Å². The molecule has 0 aliphatic carbocycles. The van der Waals surface area contributed by atoms with Crippen molar-refractivity contribution in [2.24, 2.45) is 5.73 Å². The van der Waals surface area contributed by atoms with Gasteiger partial charge in [-0.1, -0.05) is 46.8 Å². The second kappa shape index (κ2) is 10.3. The number of carbonyl (C=O) groups is 1. The molecule has 1 spiro atoms. The molecule has 1 saturated heterocycles. The molecular formula is C24H45N5O7SSi2. The van der Waals surface area contributed by atoms with E-state index in [1.807, 2.05) is 13.1 Å². The molecule has 1 fully saturated rings. The Balaban J connectivity index is 2.20. The highest BCUT2D eigenvalue weighted by molar-refractivity contribution is 7.90. The summed E-state index contributed by atoms with van der Waals surface area (Å²) in [5.41, 5.74) is 4.85. The van der Waals surface area contributed by atoms with Crippen LogP contribution in [-0.4, -0.2) is 76.9 Å². The van der Waals surface area contributed by atoms with Gasteiger partial charge in [0.1, 0.15) is 17.9 Å². The highest BCUT2D eigenvalue weighted by Gasteiger charge is 2.67. The summed E-state index contributed by atoms with van der Waals surface area (Å²) in [6, 6.07) is 0. The number of amides is 1. The fourth-order valence-corrected chi connectivity index (χ4v) is 7.54. The van der Waals surface area contributed by atoms with E-state index in [1.165, 1.54) is 10.9 Å². The quantitative estimate of drug-likeness (QED) is 0.334. The lowest BCUT2D eigenvalue weighted by Gasteiger charge is -2.43. The van der Waals surface area contributed by atoms with Gasteiger partial charge in [0.2, 0.25) is 0 Å². The molecule has 3 heterocycles. The van der Waals surface area contributed by atoms with Crippen molar-refractivity contribution in [2.75, 3.05) is 13.2 Å². The van der Waals surface area contributed by atoms with Gasteiger partial charge in [-0.05, 0) is 43.2 Å². The van der Waals surface area contributed by atoms with Gasteiger partial charge in [0.05, 0.1) is 23.9 Å². The zero-order valence-corrected chi connectivity index (χ0v) is 27.8. The predicted octanol–water partition coefficient (Wildman–Crippen LogP) is 3.24. The number of rotatable bonds is 8. The molecule has 0 bridgehead atoms. The first-order valence-electron chi connectivity index (χ1n) is 13.2. The highest BCUT2D eigenvalue weighted by Crippen LogP contribution is 2.52. The standard InChI is InChI=1S/C24H45N5O7SSi2/c1-12-26-20(30)16-13-27-28-29(16)21-19(35-39(10,11)23(5,6)7)24(17(25)15-37(31,32)36-24)18(34-21)14-33-38(8,9)22(2,3)4/h13,15,18-19,21H,12,14,25H2,1-11H3,(H,26,30)/t18-,19+,21-,24?/m1/s1. The van der Waals surface area contributed by atoms with E-state index in [-0.39, 0.29) is 28.1 Å². The van der Waals surface area contributed by atoms with E-state index in [4.69, 9.17) is 23.5 Å². The summed E-state index contributed by atoms with van der Waals surface area (Å²) in [6.07, 6.45) is -1.80. The molecule has 1 amide bonds. The molecule has 0 aromatic carbocycles. The van der Waals surface area contributed by atoms with E-state index >= 15 is 0 Å². The van der Waals surface area contributed by atoms with Crippen LogP contribution in [0.2, 0.25) is 36.3 Å². The third-order valence-electron chi connectivity index (χ3n) is 8.46.